The van der Waals surface area contributed by atoms with Gasteiger partial charge in [0.15, 0.2) is 5.17 Å². The molecule has 1 heterocycles. The van der Waals surface area contributed by atoms with Crippen molar-refractivity contribution in [3.05, 3.63) is 65.7 Å². The molecular weight excluding hydrogens is 332 g/mol. The summed E-state index contributed by atoms with van der Waals surface area (Å²) in [6, 6.07) is 17.5. The molecule has 0 bridgehead atoms. The molecule has 25 heavy (non-hydrogen) atoms. The molecule has 0 spiro atoms. The van der Waals surface area contributed by atoms with Crippen molar-refractivity contribution in [2.75, 3.05) is 13.1 Å². The summed E-state index contributed by atoms with van der Waals surface area (Å²) in [6.07, 6.45) is 0.119. The quantitative estimate of drug-likeness (QED) is 0.807. The number of ether oxygens (including phenoxy) is 1. The maximum absolute atomic E-state index is 12.8. The Morgan fingerprint density at radius 1 is 1.16 bits per heavy atom. The van der Waals surface area contributed by atoms with Crippen LogP contribution in [0.2, 0.25) is 0 Å². The van der Waals surface area contributed by atoms with Crippen LogP contribution in [0.3, 0.4) is 0 Å². The lowest BCUT2D eigenvalue weighted by molar-refractivity contribution is 0.0860. The molecule has 2 aromatic rings. The zero-order valence-electron chi connectivity index (χ0n) is 14.5. The molecule has 0 aromatic heterocycles. The van der Waals surface area contributed by atoms with E-state index in [-0.39, 0.29) is 12.0 Å². The van der Waals surface area contributed by atoms with Gasteiger partial charge < -0.3 is 4.74 Å². The van der Waals surface area contributed by atoms with Gasteiger partial charge in [-0.3, -0.25) is 14.7 Å². The summed E-state index contributed by atoms with van der Waals surface area (Å²) in [4.78, 5) is 19.1. The van der Waals surface area contributed by atoms with Gasteiger partial charge in [-0.25, -0.2) is 0 Å². The molecule has 0 saturated carbocycles. The summed E-state index contributed by atoms with van der Waals surface area (Å²) in [5, 5.41) is 0.802. The van der Waals surface area contributed by atoms with Gasteiger partial charge in [0.2, 0.25) is 0 Å². The summed E-state index contributed by atoms with van der Waals surface area (Å²) in [5.74, 6) is 1.58. The highest BCUT2D eigenvalue weighted by Gasteiger charge is 2.25. The first-order valence-electron chi connectivity index (χ1n) is 8.43. The van der Waals surface area contributed by atoms with Crippen molar-refractivity contribution in [1.29, 1.82) is 0 Å². The average molecular weight is 354 g/mol. The predicted octanol–water partition coefficient (Wildman–Crippen LogP) is 4.22. The Morgan fingerprint density at radius 3 is 2.56 bits per heavy atom. The number of benzene rings is 2. The molecule has 3 rings (SSSR count). The second kappa shape index (κ2) is 8.21. The van der Waals surface area contributed by atoms with Gasteiger partial charge in [-0.2, -0.15) is 0 Å². The first kappa shape index (κ1) is 17.5. The fourth-order valence-electron chi connectivity index (χ4n) is 2.56. The van der Waals surface area contributed by atoms with Crippen LogP contribution in [-0.4, -0.2) is 35.2 Å². The second-order valence-corrected chi connectivity index (χ2v) is 7.03. The van der Waals surface area contributed by atoms with Crippen LogP contribution in [0.5, 0.6) is 5.75 Å². The molecule has 5 heteroatoms. The van der Waals surface area contributed by atoms with Crippen LogP contribution < -0.4 is 4.74 Å². The van der Waals surface area contributed by atoms with Gasteiger partial charge in [-0.1, -0.05) is 42.1 Å². The molecule has 0 aliphatic carbocycles. The molecule has 130 valence electrons. The molecule has 1 aliphatic heterocycles. The SMILES string of the molecule is CC(C)Oc1ccc(C(=O)N2CCN=C2SCc2ccccc2)cc1. The first-order chi connectivity index (χ1) is 12.1. The molecular formula is C20H22N2O2S. The largest absolute Gasteiger partial charge is 0.491 e. The number of thioether (sulfide) groups is 1. The van der Waals surface area contributed by atoms with E-state index in [2.05, 4.69) is 17.1 Å². The maximum atomic E-state index is 12.8. The zero-order valence-corrected chi connectivity index (χ0v) is 15.3. The number of hydrogen-bond donors (Lipinski definition) is 0. The number of amidine groups is 1. The van der Waals surface area contributed by atoms with E-state index in [0.717, 1.165) is 16.7 Å². The van der Waals surface area contributed by atoms with Crippen LogP contribution in [0.25, 0.3) is 0 Å². The third-order valence-electron chi connectivity index (χ3n) is 3.73. The summed E-state index contributed by atoms with van der Waals surface area (Å²) >= 11 is 1.61. The van der Waals surface area contributed by atoms with Crippen molar-refractivity contribution >= 4 is 22.8 Å². The Hall–Kier alpha value is -2.27. The number of nitrogens with zero attached hydrogens (tertiary/aromatic N) is 2. The van der Waals surface area contributed by atoms with Gasteiger partial charge in [0.05, 0.1) is 12.6 Å². The van der Waals surface area contributed by atoms with Crippen molar-refractivity contribution in [3.63, 3.8) is 0 Å². The van der Waals surface area contributed by atoms with E-state index in [1.54, 1.807) is 16.7 Å². The average Bonchev–Trinajstić information content (AvgIpc) is 3.09. The lowest BCUT2D eigenvalue weighted by Crippen LogP contribution is -2.32. The molecule has 1 amide bonds. The van der Waals surface area contributed by atoms with Crippen LogP contribution in [0, 0.1) is 0 Å². The van der Waals surface area contributed by atoms with Crippen LogP contribution >= 0.6 is 11.8 Å². The van der Waals surface area contributed by atoms with E-state index < -0.39 is 0 Å². The van der Waals surface area contributed by atoms with E-state index in [1.165, 1.54) is 5.56 Å². The van der Waals surface area contributed by atoms with Crippen molar-refractivity contribution < 1.29 is 9.53 Å². The standard InChI is InChI=1S/C20H22N2O2S/c1-15(2)24-18-10-8-17(9-11-18)19(23)22-13-12-21-20(22)25-14-16-6-4-3-5-7-16/h3-11,15H,12-14H2,1-2H3. The lowest BCUT2D eigenvalue weighted by atomic mass is 10.2. The lowest BCUT2D eigenvalue weighted by Gasteiger charge is -2.18. The van der Waals surface area contributed by atoms with Crippen molar-refractivity contribution in [3.8, 4) is 5.75 Å². The van der Waals surface area contributed by atoms with E-state index >= 15 is 0 Å². The third-order valence-corrected chi connectivity index (χ3v) is 4.82. The normalized spacial score (nSPS) is 13.9. The van der Waals surface area contributed by atoms with Crippen LogP contribution in [0.4, 0.5) is 0 Å². The minimum absolute atomic E-state index is 0.00657. The fourth-order valence-corrected chi connectivity index (χ4v) is 3.57. The van der Waals surface area contributed by atoms with E-state index in [1.807, 2.05) is 56.3 Å². The number of rotatable bonds is 5. The van der Waals surface area contributed by atoms with E-state index in [0.29, 0.717) is 18.7 Å². The number of carbonyl (C=O) groups is 1. The van der Waals surface area contributed by atoms with Gasteiger partial charge in [-0.05, 0) is 43.7 Å². The van der Waals surface area contributed by atoms with Gasteiger partial charge in [0.25, 0.3) is 5.91 Å². The Kier molecular flexibility index (Phi) is 5.76. The van der Waals surface area contributed by atoms with E-state index in [4.69, 9.17) is 4.74 Å². The Balaban J connectivity index is 1.64. The zero-order chi connectivity index (χ0) is 17.6. The Morgan fingerprint density at radius 2 is 1.88 bits per heavy atom. The molecule has 0 unspecified atom stereocenters. The molecule has 4 nitrogen and oxygen atoms in total. The van der Waals surface area contributed by atoms with Crippen LogP contribution in [0.1, 0.15) is 29.8 Å². The summed E-state index contributed by atoms with van der Waals surface area (Å²) in [7, 11) is 0. The minimum Gasteiger partial charge on any atom is -0.491 e. The highest BCUT2D eigenvalue weighted by molar-refractivity contribution is 8.13. The highest BCUT2D eigenvalue weighted by Crippen LogP contribution is 2.22. The first-order valence-corrected chi connectivity index (χ1v) is 9.42. The number of hydrogen-bond acceptors (Lipinski definition) is 4. The Labute approximate surface area is 152 Å². The second-order valence-electron chi connectivity index (χ2n) is 6.09. The molecule has 1 aliphatic rings. The van der Waals surface area contributed by atoms with Crippen LogP contribution in [-0.2, 0) is 5.75 Å². The van der Waals surface area contributed by atoms with Crippen molar-refractivity contribution in [1.82, 2.24) is 4.90 Å². The number of carbonyl (C=O) groups excluding carboxylic acids is 1. The monoisotopic (exact) mass is 354 g/mol. The molecule has 0 radical (unpaired) electrons. The minimum atomic E-state index is -0.00657. The summed E-state index contributed by atoms with van der Waals surface area (Å²) in [6.45, 7) is 5.27. The number of amides is 1. The molecule has 2 aromatic carbocycles. The topological polar surface area (TPSA) is 41.9 Å². The van der Waals surface area contributed by atoms with Gasteiger partial charge in [-0.15, -0.1) is 0 Å². The molecule has 0 N–H and O–H groups in total. The van der Waals surface area contributed by atoms with Crippen molar-refractivity contribution in [2.45, 2.75) is 25.7 Å². The van der Waals surface area contributed by atoms with Gasteiger partial charge in [0, 0.05) is 17.9 Å². The highest BCUT2D eigenvalue weighted by atomic mass is 32.2. The fraction of sp³-hybridized carbons (Fsp3) is 0.300. The Bertz CT molecular complexity index is 742. The van der Waals surface area contributed by atoms with Gasteiger partial charge >= 0.3 is 0 Å². The van der Waals surface area contributed by atoms with E-state index in [9.17, 15) is 4.79 Å². The number of aliphatic imine (C=N–C) groups is 1. The third kappa shape index (κ3) is 4.63. The van der Waals surface area contributed by atoms with Gasteiger partial charge in [0.1, 0.15) is 5.75 Å². The molecule has 0 saturated heterocycles. The predicted molar refractivity (Wildman–Crippen MR) is 103 cm³/mol. The van der Waals surface area contributed by atoms with Crippen molar-refractivity contribution in [2.24, 2.45) is 4.99 Å². The van der Waals surface area contributed by atoms with Crippen LogP contribution in [0.15, 0.2) is 59.6 Å². The summed E-state index contributed by atoms with van der Waals surface area (Å²) in [5.41, 5.74) is 1.88. The maximum Gasteiger partial charge on any atom is 0.259 e. The molecule has 0 atom stereocenters. The molecule has 0 fully saturated rings. The smallest absolute Gasteiger partial charge is 0.259 e. The summed E-state index contributed by atoms with van der Waals surface area (Å²) < 4.78 is 5.63.